The average molecular weight is 203 g/mol. The molecule has 1 aromatic rings. The highest BCUT2D eigenvalue weighted by Crippen LogP contribution is 2.43. The van der Waals surface area contributed by atoms with Crippen LogP contribution in [-0.4, -0.2) is 5.54 Å². The van der Waals surface area contributed by atoms with E-state index in [0.29, 0.717) is 11.8 Å². The fraction of sp³-hybridized carbons (Fsp3) is 0.571. The van der Waals surface area contributed by atoms with Crippen LogP contribution in [0, 0.1) is 5.92 Å². The summed E-state index contributed by atoms with van der Waals surface area (Å²) in [6, 6.07) is 10.8. The third kappa shape index (κ3) is 2.60. The van der Waals surface area contributed by atoms with Gasteiger partial charge in [0.1, 0.15) is 0 Å². The molecular weight excluding hydrogens is 182 g/mol. The number of benzene rings is 1. The standard InChI is InChI=1S/C14H21N/c1-11(2)13(10-14(15)8-9-14)12-6-4-3-5-7-12/h3-7,11,13H,8-10,15H2,1-2H3. The molecule has 0 aliphatic heterocycles. The van der Waals surface area contributed by atoms with Gasteiger partial charge in [0.15, 0.2) is 0 Å². The molecule has 1 fully saturated rings. The first-order chi connectivity index (χ1) is 7.11. The van der Waals surface area contributed by atoms with Crippen molar-refractivity contribution in [2.45, 2.75) is 44.6 Å². The van der Waals surface area contributed by atoms with Gasteiger partial charge in [-0.05, 0) is 36.7 Å². The van der Waals surface area contributed by atoms with Gasteiger partial charge in [-0.2, -0.15) is 0 Å². The summed E-state index contributed by atoms with van der Waals surface area (Å²) in [5.74, 6) is 1.30. The predicted molar refractivity (Wildman–Crippen MR) is 64.8 cm³/mol. The first-order valence-electron chi connectivity index (χ1n) is 5.94. The second-order valence-corrected chi connectivity index (χ2v) is 5.33. The normalized spacial score (nSPS) is 20.3. The number of rotatable bonds is 4. The highest BCUT2D eigenvalue weighted by atomic mass is 14.8. The van der Waals surface area contributed by atoms with Gasteiger partial charge >= 0.3 is 0 Å². The average Bonchev–Trinajstić information content (AvgIpc) is 2.95. The van der Waals surface area contributed by atoms with Crippen molar-refractivity contribution < 1.29 is 0 Å². The van der Waals surface area contributed by atoms with E-state index in [9.17, 15) is 0 Å². The molecule has 1 saturated carbocycles. The molecule has 2 rings (SSSR count). The molecular formula is C14H21N. The zero-order chi connectivity index (χ0) is 10.9. The van der Waals surface area contributed by atoms with Crippen LogP contribution in [0.3, 0.4) is 0 Å². The minimum atomic E-state index is 0.158. The maximum Gasteiger partial charge on any atom is 0.0161 e. The van der Waals surface area contributed by atoms with E-state index in [4.69, 9.17) is 5.73 Å². The van der Waals surface area contributed by atoms with Gasteiger partial charge in [0.2, 0.25) is 0 Å². The largest absolute Gasteiger partial charge is 0.325 e. The maximum absolute atomic E-state index is 6.22. The second-order valence-electron chi connectivity index (χ2n) is 5.33. The summed E-state index contributed by atoms with van der Waals surface area (Å²) in [4.78, 5) is 0. The van der Waals surface area contributed by atoms with E-state index in [1.54, 1.807) is 0 Å². The molecule has 1 aliphatic rings. The molecule has 82 valence electrons. The second kappa shape index (κ2) is 3.97. The fourth-order valence-electron chi connectivity index (χ4n) is 2.24. The van der Waals surface area contributed by atoms with Gasteiger partial charge in [0, 0.05) is 5.54 Å². The predicted octanol–water partition coefficient (Wildman–Crippen LogP) is 3.31. The highest BCUT2D eigenvalue weighted by Gasteiger charge is 2.40. The molecule has 1 aromatic carbocycles. The van der Waals surface area contributed by atoms with Crippen LogP contribution in [0.25, 0.3) is 0 Å². The summed E-state index contributed by atoms with van der Waals surface area (Å²) in [6.45, 7) is 4.59. The van der Waals surface area contributed by atoms with E-state index in [1.807, 2.05) is 0 Å². The Morgan fingerprint density at radius 1 is 1.20 bits per heavy atom. The van der Waals surface area contributed by atoms with E-state index in [1.165, 1.54) is 18.4 Å². The minimum Gasteiger partial charge on any atom is -0.325 e. The first-order valence-corrected chi connectivity index (χ1v) is 5.94. The molecule has 2 N–H and O–H groups in total. The quantitative estimate of drug-likeness (QED) is 0.798. The van der Waals surface area contributed by atoms with Gasteiger partial charge in [-0.15, -0.1) is 0 Å². The first kappa shape index (κ1) is 10.7. The summed E-state index contributed by atoms with van der Waals surface area (Å²) in [7, 11) is 0. The Labute approximate surface area is 92.7 Å². The van der Waals surface area contributed by atoms with Crippen LogP contribution in [0.1, 0.15) is 44.6 Å². The summed E-state index contributed by atoms with van der Waals surface area (Å²) < 4.78 is 0. The molecule has 0 radical (unpaired) electrons. The summed E-state index contributed by atoms with van der Waals surface area (Å²) in [5, 5.41) is 0. The van der Waals surface area contributed by atoms with Gasteiger partial charge in [-0.25, -0.2) is 0 Å². The van der Waals surface area contributed by atoms with Crippen LogP contribution in [0.4, 0.5) is 0 Å². The molecule has 0 spiro atoms. The summed E-state index contributed by atoms with van der Waals surface area (Å²) in [6.07, 6.45) is 3.57. The van der Waals surface area contributed by atoms with E-state index in [-0.39, 0.29) is 5.54 Å². The molecule has 1 unspecified atom stereocenters. The number of nitrogens with two attached hydrogens (primary N) is 1. The molecule has 1 atom stereocenters. The Balaban J connectivity index is 2.13. The molecule has 0 aromatic heterocycles. The lowest BCUT2D eigenvalue weighted by Gasteiger charge is -2.24. The topological polar surface area (TPSA) is 26.0 Å². The Morgan fingerprint density at radius 2 is 1.80 bits per heavy atom. The van der Waals surface area contributed by atoms with Gasteiger partial charge in [-0.3, -0.25) is 0 Å². The fourth-order valence-corrected chi connectivity index (χ4v) is 2.24. The highest BCUT2D eigenvalue weighted by molar-refractivity contribution is 5.22. The molecule has 0 heterocycles. The zero-order valence-electron chi connectivity index (χ0n) is 9.74. The van der Waals surface area contributed by atoms with Crippen LogP contribution < -0.4 is 5.73 Å². The van der Waals surface area contributed by atoms with Crippen molar-refractivity contribution in [3.05, 3.63) is 35.9 Å². The van der Waals surface area contributed by atoms with E-state index in [0.717, 1.165) is 6.42 Å². The smallest absolute Gasteiger partial charge is 0.0161 e. The van der Waals surface area contributed by atoms with Gasteiger partial charge in [0.05, 0.1) is 0 Å². The van der Waals surface area contributed by atoms with E-state index in [2.05, 4.69) is 44.2 Å². The molecule has 0 amide bonds. The monoisotopic (exact) mass is 203 g/mol. The lowest BCUT2D eigenvalue weighted by molar-refractivity contribution is 0.418. The Hall–Kier alpha value is -0.820. The van der Waals surface area contributed by atoms with Crippen LogP contribution in [0.2, 0.25) is 0 Å². The molecule has 1 aliphatic carbocycles. The summed E-state index contributed by atoms with van der Waals surface area (Å²) in [5.41, 5.74) is 7.83. The van der Waals surface area contributed by atoms with Crippen molar-refractivity contribution in [1.29, 1.82) is 0 Å². The van der Waals surface area contributed by atoms with E-state index >= 15 is 0 Å². The summed E-state index contributed by atoms with van der Waals surface area (Å²) >= 11 is 0. The van der Waals surface area contributed by atoms with Gasteiger partial charge in [0.25, 0.3) is 0 Å². The lowest BCUT2D eigenvalue weighted by atomic mass is 9.83. The van der Waals surface area contributed by atoms with Crippen LogP contribution >= 0.6 is 0 Å². The van der Waals surface area contributed by atoms with Gasteiger partial charge in [-0.1, -0.05) is 44.2 Å². The molecule has 1 heteroatoms. The number of hydrogen-bond acceptors (Lipinski definition) is 1. The van der Waals surface area contributed by atoms with Crippen molar-refractivity contribution in [2.24, 2.45) is 11.7 Å². The van der Waals surface area contributed by atoms with Crippen molar-refractivity contribution in [3.8, 4) is 0 Å². The van der Waals surface area contributed by atoms with Gasteiger partial charge < -0.3 is 5.73 Å². The Bertz CT molecular complexity index is 311. The van der Waals surface area contributed by atoms with Crippen molar-refractivity contribution >= 4 is 0 Å². The van der Waals surface area contributed by atoms with Crippen LogP contribution in [0.15, 0.2) is 30.3 Å². The van der Waals surface area contributed by atoms with Crippen molar-refractivity contribution in [3.63, 3.8) is 0 Å². The van der Waals surface area contributed by atoms with Crippen LogP contribution in [0.5, 0.6) is 0 Å². The number of hydrogen-bond donors (Lipinski definition) is 1. The third-order valence-corrected chi connectivity index (χ3v) is 3.55. The molecule has 1 nitrogen and oxygen atoms in total. The maximum atomic E-state index is 6.22. The van der Waals surface area contributed by atoms with E-state index < -0.39 is 0 Å². The lowest BCUT2D eigenvalue weighted by Crippen LogP contribution is -2.26. The van der Waals surface area contributed by atoms with Crippen LogP contribution in [-0.2, 0) is 0 Å². The zero-order valence-corrected chi connectivity index (χ0v) is 9.74. The van der Waals surface area contributed by atoms with Crippen molar-refractivity contribution in [2.75, 3.05) is 0 Å². The molecule has 0 bridgehead atoms. The minimum absolute atomic E-state index is 0.158. The van der Waals surface area contributed by atoms with Crippen molar-refractivity contribution in [1.82, 2.24) is 0 Å². The SMILES string of the molecule is CC(C)C(CC1(N)CC1)c1ccccc1. The Morgan fingerprint density at radius 3 is 2.27 bits per heavy atom. The third-order valence-electron chi connectivity index (χ3n) is 3.55. The Kier molecular flexibility index (Phi) is 2.83. The molecule has 0 saturated heterocycles. The molecule has 15 heavy (non-hydrogen) atoms.